The monoisotopic (exact) mass is 204 g/mol. The third-order valence-corrected chi connectivity index (χ3v) is 1.64. The zero-order valence-corrected chi connectivity index (χ0v) is 8.61. The van der Waals surface area contributed by atoms with Crippen molar-refractivity contribution in [2.24, 2.45) is 5.92 Å². The lowest BCUT2D eigenvalue weighted by molar-refractivity contribution is -0.148. The van der Waals surface area contributed by atoms with Crippen LogP contribution < -0.4 is 0 Å². The Morgan fingerprint density at radius 2 is 1.36 bits per heavy atom. The summed E-state index contributed by atoms with van der Waals surface area (Å²) < 4.78 is 0. The van der Waals surface area contributed by atoms with Gasteiger partial charge in [0.05, 0.1) is 5.92 Å². The van der Waals surface area contributed by atoms with E-state index in [9.17, 15) is 14.4 Å². The summed E-state index contributed by atoms with van der Waals surface area (Å²) in [6.45, 7) is 4.78. The molecule has 0 aliphatic heterocycles. The van der Waals surface area contributed by atoms with Crippen LogP contribution in [0.4, 0.5) is 0 Å². The average Bonchev–Trinajstić information content (AvgIpc) is 2.06. The van der Waals surface area contributed by atoms with Gasteiger partial charge in [0.1, 0.15) is 0 Å². The lowest BCUT2D eigenvalue weighted by Crippen LogP contribution is -2.10. The van der Waals surface area contributed by atoms with Crippen LogP contribution >= 0.6 is 0 Å². The zero-order chi connectivity index (χ0) is 11.7. The maximum absolute atomic E-state index is 10.2. The van der Waals surface area contributed by atoms with Crippen molar-refractivity contribution >= 4 is 17.7 Å². The Labute approximate surface area is 82.7 Å². The first-order valence-corrected chi connectivity index (χ1v) is 4.33. The predicted octanol–water partition coefficient (Wildman–Crippen LogP) is 1.17. The minimum absolute atomic E-state index is 0.130. The molecule has 0 amide bonds. The Morgan fingerprint density at radius 1 is 1.07 bits per heavy atom. The molecule has 0 saturated carbocycles. The molecule has 0 saturated heterocycles. The van der Waals surface area contributed by atoms with Crippen LogP contribution in [0.2, 0.25) is 0 Å². The molecule has 2 N–H and O–H groups in total. The van der Waals surface area contributed by atoms with E-state index in [1.807, 2.05) is 13.8 Å². The van der Waals surface area contributed by atoms with Gasteiger partial charge < -0.3 is 10.2 Å². The third-order valence-electron chi connectivity index (χ3n) is 1.64. The molecule has 0 aromatic carbocycles. The highest BCUT2D eigenvalue weighted by atomic mass is 16.4. The van der Waals surface area contributed by atoms with Crippen LogP contribution in [0, 0.1) is 5.92 Å². The smallest absolute Gasteiger partial charge is 0.371 e. The second-order valence-electron chi connectivity index (χ2n) is 2.71. The molecule has 0 aromatic rings. The van der Waals surface area contributed by atoms with E-state index < -0.39 is 17.7 Å². The van der Waals surface area contributed by atoms with E-state index in [-0.39, 0.29) is 5.92 Å². The predicted molar refractivity (Wildman–Crippen MR) is 50.0 cm³/mol. The van der Waals surface area contributed by atoms with Crippen LogP contribution in [0.5, 0.6) is 0 Å². The molecule has 0 heterocycles. The normalized spacial score (nSPS) is 8.86. The first kappa shape index (κ1) is 15.1. The minimum atomic E-state index is -1.38. The Hall–Kier alpha value is -1.39. The molecule has 0 aromatic heterocycles. The number of rotatable bonds is 4. The standard InChI is InChI=1S/C6H12O2.C3H4O3/c1-3-5(4-2)6(7)8;1-2(4)3(5)6/h5H,3-4H2,1-2H3,(H,7,8);1H3,(H,5,6). The first-order chi connectivity index (χ1) is 6.36. The van der Waals surface area contributed by atoms with E-state index in [1.54, 1.807) is 0 Å². The van der Waals surface area contributed by atoms with Crippen LogP contribution in [0.15, 0.2) is 0 Å². The van der Waals surface area contributed by atoms with Crippen molar-refractivity contribution in [3.63, 3.8) is 0 Å². The lowest BCUT2D eigenvalue weighted by Gasteiger charge is -2.02. The summed E-state index contributed by atoms with van der Waals surface area (Å²) in [7, 11) is 0. The van der Waals surface area contributed by atoms with Gasteiger partial charge in [-0.1, -0.05) is 13.8 Å². The van der Waals surface area contributed by atoms with Gasteiger partial charge >= 0.3 is 11.9 Å². The SMILES string of the molecule is CC(=O)C(=O)O.CCC(CC)C(=O)O. The molecule has 5 heteroatoms. The van der Waals surface area contributed by atoms with Crippen molar-refractivity contribution in [1.82, 2.24) is 0 Å². The van der Waals surface area contributed by atoms with Crippen molar-refractivity contribution in [1.29, 1.82) is 0 Å². The van der Waals surface area contributed by atoms with Crippen molar-refractivity contribution in [2.45, 2.75) is 33.6 Å². The zero-order valence-electron chi connectivity index (χ0n) is 8.61. The summed E-state index contributed by atoms with van der Waals surface area (Å²) in [6, 6.07) is 0. The fourth-order valence-corrected chi connectivity index (χ4v) is 0.638. The van der Waals surface area contributed by atoms with Crippen molar-refractivity contribution < 1.29 is 24.6 Å². The molecule has 0 radical (unpaired) electrons. The van der Waals surface area contributed by atoms with Gasteiger partial charge in [-0.05, 0) is 12.8 Å². The van der Waals surface area contributed by atoms with Crippen LogP contribution in [0.25, 0.3) is 0 Å². The van der Waals surface area contributed by atoms with Gasteiger partial charge in [-0.15, -0.1) is 0 Å². The number of ketones is 1. The molecule has 0 unspecified atom stereocenters. The number of Topliss-reactive ketones (excluding diaryl/α,β-unsaturated/α-hetero) is 1. The molecule has 0 aliphatic rings. The summed E-state index contributed by atoms with van der Waals surface area (Å²) in [5.74, 6) is -3.00. The fraction of sp³-hybridized carbons (Fsp3) is 0.667. The molecule has 0 atom stereocenters. The maximum atomic E-state index is 10.2. The van der Waals surface area contributed by atoms with Crippen molar-refractivity contribution in [2.75, 3.05) is 0 Å². The molecular weight excluding hydrogens is 188 g/mol. The summed E-state index contributed by atoms with van der Waals surface area (Å²) in [5.41, 5.74) is 0. The maximum Gasteiger partial charge on any atom is 0.371 e. The molecular formula is C9H16O5. The van der Waals surface area contributed by atoms with Crippen molar-refractivity contribution in [3.8, 4) is 0 Å². The van der Waals surface area contributed by atoms with E-state index in [4.69, 9.17) is 10.2 Å². The van der Waals surface area contributed by atoms with Crippen LogP contribution in [-0.2, 0) is 14.4 Å². The summed E-state index contributed by atoms with van der Waals surface area (Å²) in [4.78, 5) is 29.1. The van der Waals surface area contributed by atoms with E-state index in [1.165, 1.54) is 0 Å². The van der Waals surface area contributed by atoms with E-state index in [0.29, 0.717) is 0 Å². The fourth-order valence-electron chi connectivity index (χ4n) is 0.638. The van der Waals surface area contributed by atoms with Crippen LogP contribution in [-0.4, -0.2) is 27.9 Å². The number of carbonyl (C=O) groups excluding carboxylic acids is 1. The number of aliphatic carboxylic acids is 2. The quantitative estimate of drug-likeness (QED) is 0.670. The van der Waals surface area contributed by atoms with E-state index in [2.05, 4.69) is 0 Å². The van der Waals surface area contributed by atoms with Gasteiger partial charge in [0.25, 0.3) is 0 Å². The first-order valence-electron chi connectivity index (χ1n) is 4.33. The topological polar surface area (TPSA) is 91.7 Å². The summed E-state index contributed by atoms with van der Waals surface area (Å²) in [5, 5.41) is 16.0. The minimum Gasteiger partial charge on any atom is -0.481 e. The molecule has 0 aliphatic carbocycles. The molecule has 0 spiro atoms. The second-order valence-corrected chi connectivity index (χ2v) is 2.71. The van der Waals surface area contributed by atoms with Gasteiger partial charge in [0.15, 0.2) is 0 Å². The molecule has 0 fully saturated rings. The van der Waals surface area contributed by atoms with Gasteiger partial charge in [-0.2, -0.15) is 0 Å². The largest absolute Gasteiger partial charge is 0.481 e. The Balaban J connectivity index is 0. The van der Waals surface area contributed by atoms with Crippen LogP contribution in [0.3, 0.4) is 0 Å². The highest BCUT2D eigenvalue weighted by molar-refractivity contribution is 6.31. The van der Waals surface area contributed by atoms with E-state index >= 15 is 0 Å². The number of hydrogen-bond acceptors (Lipinski definition) is 3. The molecule has 14 heavy (non-hydrogen) atoms. The molecule has 5 nitrogen and oxygen atoms in total. The molecule has 82 valence electrons. The Kier molecular flexibility index (Phi) is 8.86. The molecule has 0 bridgehead atoms. The average molecular weight is 204 g/mol. The van der Waals surface area contributed by atoms with Crippen LogP contribution in [0.1, 0.15) is 33.6 Å². The lowest BCUT2D eigenvalue weighted by atomic mass is 10.1. The summed E-state index contributed by atoms with van der Waals surface area (Å²) >= 11 is 0. The number of carboxylic acid groups (broad SMARTS) is 2. The second kappa shape index (κ2) is 8.22. The van der Waals surface area contributed by atoms with Gasteiger partial charge in [0.2, 0.25) is 5.78 Å². The number of carbonyl (C=O) groups is 3. The van der Waals surface area contributed by atoms with Crippen molar-refractivity contribution in [3.05, 3.63) is 0 Å². The summed E-state index contributed by atoms with van der Waals surface area (Å²) in [6.07, 6.45) is 1.48. The number of hydrogen-bond donors (Lipinski definition) is 2. The third kappa shape index (κ3) is 8.70. The van der Waals surface area contributed by atoms with E-state index in [0.717, 1.165) is 19.8 Å². The molecule has 0 rings (SSSR count). The van der Waals surface area contributed by atoms with Gasteiger partial charge in [-0.25, -0.2) is 4.79 Å². The Bertz CT molecular complexity index is 193. The van der Waals surface area contributed by atoms with Gasteiger partial charge in [0, 0.05) is 6.92 Å². The highest BCUT2D eigenvalue weighted by Crippen LogP contribution is 2.05. The Morgan fingerprint density at radius 3 is 1.36 bits per heavy atom. The van der Waals surface area contributed by atoms with Gasteiger partial charge in [-0.3, -0.25) is 9.59 Å². The highest BCUT2D eigenvalue weighted by Gasteiger charge is 2.10. The number of carboxylic acids is 2.